The van der Waals surface area contributed by atoms with Crippen molar-refractivity contribution in [2.45, 2.75) is 76.5 Å². The molecule has 0 aromatic heterocycles. The fraction of sp³-hybridized carbons (Fsp3) is 0.444. The minimum Gasteiger partial charge on any atom is -0.456 e. The molecule has 0 aliphatic rings. The first kappa shape index (κ1) is 39.7. The number of sulfonamides is 1. The number of aliphatic hydroxyl groups is 1. The topological polar surface area (TPSA) is 151 Å². The Morgan fingerprint density at radius 1 is 0.918 bits per heavy atom. The monoisotopic (exact) mass is 702 g/mol. The van der Waals surface area contributed by atoms with E-state index in [1.54, 1.807) is 4.90 Å². The number of carbonyl (C=O) groups is 2. The minimum absolute atomic E-state index is 0.0103. The second-order valence-electron chi connectivity index (χ2n) is 11.9. The largest absolute Gasteiger partial charge is 0.456 e. The van der Waals surface area contributed by atoms with Crippen molar-refractivity contribution in [3.63, 3.8) is 0 Å². The fourth-order valence-electron chi connectivity index (χ4n) is 5.34. The molecular weight excluding hydrogens is 654 g/mol. The summed E-state index contributed by atoms with van der Waals surface area (Å²) in [6.07, 6.45) is 1.31. The zero-order chi connectivity index (χ0) is 36.0. The molecular formula is C36H48F2N4O6S. The molecule has 0 spiro atoms. The number of nitrogens with two attached hydrogens (primary N) is 1. The Morgan fingerprint density at radius 2 is 1.57 bits per heavy atom. The van der Waals surface area contributed by atoms with Crippen LogP contribution in [0.4, 0.5) is 8.78 Å². The van der Waals surface area contributed by atoms with E-state index in [-0.39, 0.29) is 54.1 Å². The highest BCUT2D eigenvalue weighted by atomic mass is 32.2. The Labute approximate surface area is 288 Å². The van der Waals surface area contributed by atoms with Gasteiger partial charge in [0.1, 0.15) is 17.7 Å². The maximum atomic E-state index is 14.0. The summed E-state index contributed by atoms with van der Waals surface area (Å²) >= 11 is 0. The number of aliphatic hydroxyl groups excluding tert-OH is 1. The number of esters is 1. The van der Waals surface area contributed by atoms with Gasteiger partial charge < -0.3 is 25.8 Å². The highest BCUT2D eigenvalue weighted by Crippen LogP contribution is 2.20. The normalized spacial score (nSPS) is 12.8. The first-order chi connectivity index (χ1) is 23.4. The van der Waals surface area contributed by atoms with Gasteiger partial charge in [-0.1, -0.05) is 45.0 Å². The van der Waals surface area contributed by atoms with Crippen molar-refractivity contribution in [3.05, 3.63) is 100 Å². The summed E-state index contributed by atoms with van der Waals surface area (Å²) in [5.41, 5.74) is 8.71. The van der Waals surface area contributed by atoms with Crippen LogP contribution in [0, 0.1) is 11.6 Å². The van der Waals surface area contributed by atoms with E-state index in [1.165, 1.54) is 12.1 Å². The molecule has 2 atom stereocenters. The van der Waals surface area contributed by atoms with Gasteiger partial charge in [-0.05, 0) is 79.1 Å². The quantitative estimate of drug-likeness (QED) is 0.100. The summed E-state index contributed by atoms with van der Waals surface area (Å²) in [6, 6.07) is 13.7. The molecule has 0 fully saturated rings. The summed E-state index contributed by atoms with van der Waals surface area (Å²) in [5.74, 6) is -2.91. The molecule has 0 unspecified atom stereocenters. The second kappa shape index (κ2) is 19.4. The molecule has 3 aromatic carbocycles. The number of carbonyl (C=O) groups excluding carboxylic acids is 2. The lowest BCUT2D eigenvalue weighted by Gasteiger charge is -2.25. The third-order valence-corrected chi connectivity index (χ3v) is 9.25. The molecule has 3 aromatic rings. The van der Waals surface area contributed by atoms with E-state index in [4.69, 9.17) is 15.6 Å². The summed E-state index contributed by atoms with van der Waals surface area (Å²) in [5, 5.41) is 12.4. The van der Waals surface area contributed by atoms with E-state index in [2.05, 4.69) is 10.0 Å². The summed E-state index contributed by atoms with van der Waals surface area (Å²) < 4.78 is 62.7. The predicted molar refractivity (Wildman–Crippen MR) is 185 cm³/mol. The van der Waals surface area contributed by atoms with Crippen molar-refractivity contribution in [2.75, 3.05) is 32.8 Å². The van der Waals surface area contributed by atoms with Crippen LogP contribution in [-0.2, 0) is 34.1 Å². The SMILES string of the molecule is CCCN(CCC)C(=O)c1cc(C(=O)O[C@H](CNCc2cccc(CC)c2)[C@@H](N)Cc2cc(F)cc(F)c2)cc(S(=O)(=O)NCCCO)c1. The molecule has 268 valence electrons. The Bertz CT molecular complexity index is 1630. The molecule has 0 aliphatic heterocycles. The van der Waals surface area contributed by atoms with Gasteiger partial charge in [0.15, 0.2) is 0 Å². The molecule has 10 nitrogen and oxygen atoms in total. The van der Waals surface area contributed by atoms with Crippen LogP contribution in [-0.4, -0.2) is 75.2 Å². The number of benzene rings is 3. The average molecular weight is 703 g/mol. The molecule has 1 amide bonds. The van der Waals surface area contributed by atoms with E-state index >= 15 is 0 Å². The van der Waals surface area contributed by atoms with Crippen molar-refractivity contribution in [1.29, 1.82) is 0 Å². The number of hydrogen-bond acceptors (Lipinski definition) is 8. The number of amides is 1. The van der Waals surface area contributed by atoms with E-state index in [1.807, 2.05) is 45.0 Å². The van der Waals surface area contributed by atoms with Gasteiger partial charge in [0.25, 0.3) is 5.91 Å². The highest BCUT2D eigenvalue weighted by Gasteiger charge is 2.27. The van der Waals surface area contributed by atoms with Crippen molar-refractivity contribution < 1.29 is 36.6 Å². The Kier molecular flexibility index (Phi) is 15.7. The van der Waals surface area contributed by atoms with Gasteiger partial charge in [-0.15, -0.1) is 0 Å². The molecule has 49 heavy (non-hydrogen) atoms. The van der Waals surface area contributed by atoms with Gasteiger partial charge in [-0.25, -0.2) is 26.7 Å². The average Bonchev–Trinajstić information content (AvgIpc) is 3.06. The van der Waals surface area contributed by atoms with Gasteiger partial charge in [0, 0.05) is 57.0 Å². The summed E-state index contributed by atoms with van der Waals surface area (Å²) in [7, 11) is -4.19. The van der Waals surface area contributed by atoms with Gasteiger partial charge in [0.2, 0.25) is 10.0 Å². The fourth-order valence-corrected chi connectivity index (χ4v) is 6.48. The van der Waals surface area contributed by atoms with E-state index in [0.29, 0.717) is 32.5 Å². The Hall–Kier alpha value is -3.75. The standard InChI is InChI=1S/C36H48F2N4O6S/c1-4-12-42(13-5-2)35(44)28-19-29(21-32(20-28)49(46,47)41-11-8-14-43)36(45)48-34(24-40-23-26-10-7-9-25(6-3)15-26)33(39)18-27-16-30(37)22-31(38)17-27/h7,9-10,15-17,19-22,33-34,40-41,43H,4-6,8,11-14,18,23-24,39H2,1-3H3/t33-,34+/m0/s1. The van der Waals surface area contributed by atoms with Crippen molar-refractivity contribution in [2.24, 2.45) is 5.73 Å². The third kappa shape index (κ3) is 12.3. The number of hydrogen-bond donors (Lipinski definition) is 4. The molecule has 13 heteroatoms. The second-order valence-corrected chi connectivity index (χ2v) is 13.7. The van der Waals surface area contributed by atoms with Crippen LogP contribution in [0.2, 0.25) is 0 Å². The number of rotatable bonds is 20. The first-order valence-electron chi connectivity index (χ1n) is 16.7. The molecule has 0 aliphatic carbocycles. The predicted octanol–water partition coefficient (Wildman–Crippen LogP) is 4.34. The summed E-state index contributed by atoms with van der Waals surface area (Å²) in [4.78, 5) is 28.6. The van der Waals surface area contributed by atoms with Crippen LogP contribution in [0.15, 0.2) is 65.6 Å². The van der Waals surface area contributed by atoms with Crippen LogP contribution in [0.3, 0.4) is 0 Å². The van der Waals surface area contributed by atoms with E-state index in [0.717, 1.165) is 41.8 Å². The van der Waals surface area contributed by atoms with E-state index < -0.39 is 45.7 Å². The smallest absolute Gasteiger partial charge is 0.338 e. The molecule has 0 saturated carbocycles. The van der Waals surface area contributed by atoms with Crippen LogP contribution in [0.1, 0.15) is 77.4 Å². The van der Waals surface area contributed by atoms with Crippen LogP contribution in [0.25, 0.3) is 0 Å². The molecule has 0 radical (unpaired) electrons. The maximum absolute atomic E-state index is 14.0. The minimum atomic E-state index is -4.19. The lowest BCUT2D eigenvalue weighted by Crippen LogP contribution is -2.46. The zero-order valence-corrected chi connectivity index (χ0v) is 29.2. The zero-order valence-electron chi connectivity index (χ0n) is 28.4. The lowest BCUT2D eigenvalue weighted by atomic mass is 10.0. The molecule has 5 N–H and O–H groups in total. The van der Waals surface area contributed by atoms with Gasteiger partial charge >= 0.3 is 5.97 Å². The molecule has 0 bridgehead atoms. The maximum Gasteiger partial charge on any atom is 0.338 e. The number of nitrogens with one attached hydrogen (secondary N) is 2. The van der Waals surface area contributed by atoms with Gasteiger partial charge in [-0.2, -0.15) is 0 Å². The number of aryl methyl sites for hydroxylation is 1. The van der Waals surface area contributed by atoms with Crippen LogP contribution < -0.4 is 15.8 Å². The third-order valence-electron chi connectivity index (χ3n) is 7.80. The van der Waals surface area contributed by atoms with E-state index in [9.17, 15) is 26.8 Å². The number of nitrogens with zero attached hydrogens (tertiary/aromatic N) is 1. The molecule has 3 rings (SSSR count). The van der Waals surface area contributed by atoms with Crippen molar-refractivity contribution in [1.82, 2.24) is 14.9 Å². The lowest BCUT2D eigenvalue weighted by molar-refractivity contribution is 0.0237. The molecule has 0 heterocycles. The molecule has 0 saturated heterocycles. The number of ether oxygens (including phenoxy) is 1. The summed E-state index contributed by atoms with van der Waals surface area (Å²) in [6.45, 7) is 6.94. The van der Waals surface area contributed by atoms with Crippen molar-refractivity contribution >= 4 is 21.9 Å². The highest BCUT2D eigenvalue weighted by molar-refractivity contribution is 7.89. The Morgan fingerprint density at radius 3 is 2.20 bits per heavy atom. The van der Waals surface area contributed by atoms with Crippen LogP contribution >= 0.6 is 0 Å². The first-order valence-corrected chi connectivity index (χ1v) is 18.1. The van der Waals surface area contributed by atoms with Crippen molar-refractivity contribution in [3.8, 4) is 0 Å². The Balaban J connectivity index is 1.97. The van der Waals surface area contributed by atoms with Crippen LogP contribution in [0.5, 0.6) is 0 Å². The van der Waals surface area contributed by atoms with Gasteiger partial charge in [0.05, 0.1) is 10.5 Å². The number of halogens is 2. The van der Waals surface area contributed by atoms with Gasteiger partial charge in [-0.3, -0.25) is 4.79 Å².